The molecular formula is C21H38N6O. The molecule has 3 heterocycles. The SMILES string of the molecule is CN=C(NCC1CCCOC1C(C)(C)C)NC1CCCN(c2cnn(C)c2)C1. The smallest absolute Gasteiger partial charge is 0.191 e. The Kier molecular flexibility index (Phi) is 6.86. The fourth-order valence-corrected chi connectivity index (χ4v) is 4.53. The maximum Gasteiger partial charge on any atom is 0.191 e. The van der Waals surface area contributed by atoms with Gasteiger partial charge in [-0.25, -0.2) is 0 Å². The van der Waals surface area contributed by atoms with Crippen LogP contribution in [0, 0.1) is 11.3 Å². The average Bonchev–Trinajstić information content (AvgIpc) is 3.11. The molecule has 3 unspecified atom stereocenters. The third kappa shape index (κ3) is 5.40. The van der Waals surface area contributed by atoms with Crippen molar-refractivity contribution in [2.24, 2.45) is 23.4 Å². The van der Waals surface area contributed by atoms with Gasteiger partial charge in [0.25, 0.3) is 0 Å². The molecule has 0 amide bonds. The summed E-state index contributed by atoms with van der Waals surface area (Å²) in [7, 11) is 3.82. The molecule has 2 aliphatic rings. The summed E-state index contributed by atoms with van der Waals surface area (Å²) in [6.07, 6.45) is 9.03. The maximum atomic E-state index is 6.12. The maximum absolute atomic E-state index is 6.12. The second-order valence-electron chi connectivity index (χ2n) is 9.31. The zero-order chi connectivity index (χ0) is 20.1. The highest BCUT2D eigenvalue weighted by Gasteiger charge is 2.35. The number of rotatable bonds is 4. The second-order valence-corrected chi connectivity index (χ2v) is 9.31. The number of aryl methyl sites for hydroxylation is 1. The first-order valence-electron chi connectivity index (χ1n) is 10.7. The number of nitrogens with zero attached hydrogens (tertiary/aromatic N) is 4. The van der Waals surface area contributed by atoms with E-state index in [4.69, 9.17) is 4.74 Å². The zero-order valence-corrected chi connectivity index (χ0v) is 18.2. The van der Waals surface area contributed by atoms with Gasteiger partial charge in [-0.05, 0) is 31.1 Å². The molecule has 0 bridgehead atoms. The van der Waals surface area contributed by atoms with Crippen LogP contribution >= 0.6 is 0 Å². The summed E-state index contributed by atoms with van der Waals surface area (Å²) in [4.78, 5) is 6.88. The molecule has 2 fully saturated rings. The van der Waals surface area contributed by atoms with Gasteiger partial charge in [-0.3, -0.25) is 9.67 Å². The van der Waals surface area contributed by atoms with Crippen LogP contribution in [0.25, 0.3) is 0 Å². The van der Waals surface area contributed by atoms with Gasteiger partial charge in [-0.1, -0.05) is 20.8 Å². The van der Waals surface area contributed by atoms with Crippen molar-refractivity contribution in [1.29, 1.82) is 0 Å². The molecule has 0 aliphatic carbocycles. The van der Waals surface area contributed by atoms with Crippen molar-refractivity contribution in [3.8, 4) is 0 Å². The first-order chi connectivity index (χ1) is 13.4. The lowest BCUT2D eigenvalue weighted by molar-refractivity contribution is -0.0835. The Balaban J connectivity index is 1.52. The minimum Gasteiger partial charge on any atom is -0.377 e. The zero-order valence-electron chi connectivity index (χ0n) is 18.2. The largest absolute Gasteiger partial charge is 0.377 e. The van der Waals surface area contributed by atoms with Crippen molar-refractivity contribution in [2.75, 3.05) is 38.2 Å². The Labute approximate surface area is 169 Å². The molecule has 3 atom stereocenters. The molecular weight excluding hydrogens is 352 g/mol. The molecule has 0 radical (unpaired) electrons. The lowest BCUT2D eigenvalue weighted by atomic mass is 9.78. The lowest BCUT2D eigenvalue weighted by Gasteiger charge is -2.40. The molecule has 0 saturated carbocycles. The molecule has 2 aliphatic heterocycles. The molecule has 158 valence electrons. The molecule has 0 spiro atoms. The van der Waals surface area contributed by atoms with E-state index in [1.165, 1.54) is 18.5 Å². The van der Waals surface area contributed by atoms with E-state index in [9.17, 15) is 0 Å². The normalized spacial score (nSPS) is 27.0. The predicted octanol–water partition coefficient (Wildman–Crippen LogP) is 2.40. The highest BCUT2D eigenvalue weighted by molar-refractivity contribution is 5.80. The molecule has 1 aromatic rings. The van der Waals surface area contributed by atoms with Gasteiger partial charge in [-0.15, -0.1) is 0 Å². The van der Waals surface area contributed by atoms with Gasteiger partial charge in [0.15, 0.2) is 5.96 Å². The number of nitrogens with one attached hydrogen (secondary N) is 2. The van der Waals surface area contributed by atoms with Crippen molar-refractivity contribution in [2.45, 2.75) is 58.6 Å². The Bertz CT molecular complexity index is 650. The Morgan fingerprint density at radius 1 is 1.32 bits per heavy atom. The van der Waals surface area contributed by atoms with E-state index >= 15 is 0 Å². The van der Waals surface area contributed by atoms with E-state index in [0.717, 1.165) is 45.0 Å². The molecule has 3 rings (SSSR count). The van der Waals surface area contributed by atoms with Gasteiger partial charge in [0.1, 0.15) is 0 Å². The Morgan fingerprint density at radius 3 is 2.82 bits per heavy atom. The van der Waals surface area contributed by atoms with E-state index < -0.39 is 0 Å². The highest BCUT2D eigenvalue weighted by atomic mass is 16.5. The summed E-state index contributed by atoms with van der Waals surface area (Å²) in [5, 5.41) is 11.5. The van der Waals surface area contributed by atoms with E-state index in [0.29, 0.717) is 18.1 Å². The Morgan fingerprint density at radius 2 is 2.14 bits per heavy atom. The van der Waals surface area contributed by atoms with Crippen molar-refractivity contribution in [1.82, 2.24) is 20.4 Å². The van der Waals surface area contributed by atoms with Crippen LogP contribution in [0.1, 0.15) is 46.5 Å². The van der Waals surface area contributed by atoms with Gasteiger partial charge in [0, 0.05) is 58.5 Å². The van der Waals surface area contributed by atoms with Gasteiger partial charge >= 0.3 is 0 Å². The monoisotopic (exact) mass is 390 g/mol. The number of aromatic nitrogens is 2. The van der Waals surface area contributed by atoms with E-state index in [1.807, 2.05) is 25.0 Å². The molecule has 28 heavy (non-hydrogen) atoms. The highest BCUT2D eigenvalue weighted by Crippen LogP contribution is 2.33. The van der Waals surface area contributed by atoms with Gasteiger partial charge in [0.2, 0.25) is 0 Å². The van der Waals surface area contributed by atoms with E-state index in [-0.39, 0.29) is 5.41 Å². The molecule has 2 N–H and O–H groups in total. The number of anilines is 1. The summed E-state index contributed by atoms with van der Waals surface area (Å²) in [6.45, 7) is 10.7. The minimum absolute atomic E-state index is 0.164. The number of hydrogen-bond donors (Lipinski definition) is 2. The van der Waals surface area contributed by atoms with Crippen LogP contribution in [-0.2, 0) is 11.8 Å². The molecule has 1 aromatic heterocycles. The topological polar surface area (TPSA) is 66.7 Å². The predicted molar refractivity (Wildman–Crippen MR) is 115 cm³/mol. The van der Waals surface area contributed by atoms with Crippen molar-refractivity contribution >= 4 is 11.6 Å². The molecule has 2 saturated heterocycles. The van der Waals surface area contributed by atoms with Crippen LogP contribution in [0.15, 0.2) is 17.4 Å². The van der Waals surface area contributed by atoms with E-state index in [2.05, 4.69) is 52.6 Å². The number of aliphatic imine (C=N–C) groups is 1. The van der Waals surface area contributed by atoms with Crippen LogP contribution in [-0.4, -0.2) is 61.2 Å². The third-order valence-corrected chi connectivity index (χ3v) is 5.87. The first kappa shape index (κ1) is 21.0. The number of ether oxygens (including phenoxy) is 1. The summed E-state index contributed by atoms with van der Waals surface area (Å²) in [5.74, 6) is 1.42. The van der Waals surface area contributed by atoms with Crippen molar-refractivity contribution < 1.29 is 4.74 Å². The summed E-state index contributed by atoms with van der Waals surface area (Å²) in [6, 6.07) is 0.390. The van der Waals surface area contributed by atoms with Crippen molar-refractivity contribution in [3.63, 3.8) is 0 Å². The second kappa shape index (κ2) is 9.16. The molecule has 0 aromatic carbocycles. The number of piperidine rings is 1. The summed E-state index contributed by atoms with van der Waals surface area (Å²) < 4.78 is 7.99. The number of hydrogen-bond acceptors (Lipinski definition) is 4. The third-order valence-electron chi connectivity index (χ3n) is 5.87. The van der Waals surface area contributed by atoms with Crippen LogP contribution in [0.5, 0.6) is 0 Å². The summed E-state index contributed by atoms with van der Waals surface area (Å²) >= 11 is 0. The molecule has 7 nitrogen and oxygen atoms in total. The minimum atomic E-state index is 0.164. The Hall–Kier alpha value is -1.76. The van der Waals surface area contributed by atoms with Crippen LogP contribution in [0.2, 0.25) is 0 Å². The van der Waals surface area contributed by atoms with E-state index in [1.54, 1.807) is 0 Å². The standard InChI is InChI=1S/C21H38N6O/c1-21(2,3)19-16(8-7-11-28-19)12-23-20(22-4)25-17-9-6-10-27(14-17)18-13-24-26(5)15-18/h13,15-17,19H,6-12,14H2,1-5H3,(H2,22,23,25). The fraction of sp³-hybridized carbons (Fsp3) is 0.810. The average molecular weight is 391 g/mol. The van der Waals surface area contributed by atoms with Crippen LogP contribution < -0.4 is 15.5 Å². The van der Waals surface area contributed by atoms with Crippen LogP contribution in [0.3, 0.4) is 0 Å². The lowest BCUT2D eigenvalue weighted by Crippen LogP contribution is -2.53. The first-order valence-corrected chi connectivity index (χ1v) is 10.7. The van der Waals surface area contributed by atoms with Gasteiger partial charge in [-0.2, -0.15) is 5.10 Å². The van der Waals surface area contributed by atoms with Gasteiger partial charge < -0.3 is 20.3 Å². The molecule has 7 heteroatoms. The quantitative estimate of drug-likeness (QED) is 0.610. The summed E-state index contributed by atoms with van der Waals surface area (Å²) in [5.41, 5.74) is 1.36. The number of guanidine groups is 1. The van der Waals surface area contributed by atoms with Gasteiger partial charge in [0.05, 0.1) is 18.0 Å². The fourth-order valence-electron chi connectivity index (χ4n) is 4.53. The van der Waals surface area contributed by atoms with Crippen molar-refractivity contribution in [3.05, 3.63) is 12.4 Å². The van der Waals surface area contributed by atoms with Crippen LogP contribution in [0.4, 0.5) is 5.69 Å².